The van der Waals surface area contributed by atoms with Gasteiger partial charge in [-0.15, -0.1) is 12.4 Å². The van der Waals surface area contributed by atoms with Crippen LogP contribution >= 0.6 is 12.4 Å². The van der Waals surface area contributed by atoms with Gasteiger partial charge >= 0.3 is 0 Å². The van der Waals surface area contributed by atoms with E-state index in [1.807, 2.05) is 19.4 Å². The van der Waals surface area contributed by atoms with Crippen LogP contribution in [0, 0.1) is 12.8 Å². The van der Waals surface area contributed by atoms with Gasteiger partial charge in [0.25, 0.3) is 0 Å². The van der Waals surface area contributed by atoms with E-state index in [0.717, 1.165) is 17.7 Å². The summed E-state index contributed by atoms with van der Waals surface area (Å²) in [4.78, 5) is 24.0. The monoisotopic (exact) mass is 363 g/mol. The topological polar surface area (TPSA) is 102 Å². The highest BCUT2D eigenvalue weighted by molar-refractivity contribution is 5.97. The standard InChI is InChI=1S/C17H21N5O2.ClH/c1-10-5-12(3-4-13(10)16(18)23)21-17(24)15-8-19-7-14(15)11-6-20-22(2)9-11;/h3-6,9,14-15,19H,7-8H2,1-2H3,(H2,18,23)(H,21,24);1H/t14-,15+;/m1./s1. The number of hydrogen-bond donors (Lipinski definition) is 3. The molecule has 2 heterocycles. The molecule has 1 aromatic heterocycles. The summed E-state index contributed by atoms with van der Waals surface area (Å²) in [7, 11) is 1.87. The van der Waals surface area contributed by atoms with Crippen LogP contribution in [0.15, 0.2) is 30.6 Å². The molecule has 1 saturated heterocycles. The second kappa shape index (κ2) is 7.67. The molecule has 1 aliphatic heterocycles. The van der Waals surface area contributed by atoms with Crippen molar-refractivity contribution in [3.05, 3.63) is 47.3 Å². The first kappa shape index (κ1) is 19.0. The molecule has 0 aliphatic carbocycles. The molecule has 2 aromatic rings. The molecule has 1 aromatic carbocycles. The van der Waals surface area contributed by atoms with E-state index in [4.69, 9.17) is 5.73 Å². The average molecular weight is 364 g/mol. The zero-order valence-electron chi connectivity index (χ0n) is 14.2. The van der Waals surface area contributed by atoms with Crippen LogP contribution in [0.3, 0.4) is 0 Å². The second-order valence-electron chi connectivity index (χ2n) is 6.20. The number of carbonyl (C=O) groups excluding carboxylic acids is 2. The minimum atomic E-state index is -0.470. The van der Waals surface area contributed by atoms with E-state index >= 15 is 0 Å². The molecular weight excluding hydrogens is 342 g/mol. The number of nitrogens with zero attached hydrogens (tertiary/aromatic N) is 2. The highest BCUT2D eigenvalue weighted by Crippen LogP contribution is 2.29. The van der Waals surface area contributed by atoms with Crippen molar-refractivity contribution in [3.8, 4) is 0 Å². The van der Waals surface area contributed by atoms with E-state index in [2.05, 4.69) is 15.7 Å². The Morgan fingerprint density at radius 2 is 2.12 bits per heavy atom. The summed E-state index contributed by atoms with van der Waals surface area (Å²) < 4.78 is 1.74. The fraction of sp³-hybridized carbons (Fsp3) is 0.353. The van der Waals surface area contributed by atoms with Gasteiger partial charge in [0, 0.05) is 43.5 Å². The predicted octanol–water partition coefficient (Wildman–Crippen LogP) is 1.19. The Kier molecular flexibility index (Phi) is 5.81. The normalized spacial score (nSPS) is 19.3. The fourth-order valence-electron chi connectivity index (χ4n) is 3.19. The fourth-order valence-corrected chi connectivity index (χ4v) is 3.19. The predicted molar refractivity (Wildman–Crippen MR) is 97.9 cm³/mol. The largest absolute Gasteiger partial charge is 0.366 e. The number of benzene rings is 1. The van der Waals surface area contributed by atoms with Crippen LogP contribution in [0.5, 0.6) is 0 Å². The molecule has 2 amide bonds. The maximum absolute atomic E-state index is 12.7. The van der Waals surface area contributed by atoms with Gasteiger partial charge in [0.1, 0.15) is 0 Å². The molecule has 0 spiro atoms. The Bertz CT molecular complexity index is 789. The molecule has 3 rings (SSSR count). The number of rotatable bonds is 4. The van der Waals surface area contributed by atoms with E-state index in [1.54, 1.807) is 29.8 Å². The number of aromatic nitrogens is 2. The zero-order chi connectivity index (χ0) is 17.3. The Hall–Kier alpha value is -2.38. The van der Waals surface area contributed by atoms with Crippen molar-refractivity contribution in [1.82, 2.24) is 15.1 Å². The SMILES string of the molecule is Cc1cc(NC(=O)[C@H]2CNC[C@@H]2c2cnn(C)c2)ccc1C(N)=O.Cl. The highest BCUT2D eigenvalue weighted by Gasteiger charge is 2.34. The van der Waals surface area contributed by atoms with E-state index in [-0.39, 0.29) is 30.2 Å². The van der Waals surface area contributed by atoms with Gasteiger partial charge in [-0.25, -0.2) is 0 Å². The summed E-state index contributed by atoms with van der Waals surface area (Å²) in [5, 5.41) is 10.4. The molecule has 0 saturated carbocycles. The maximum atomic E-state index is 12.7. The summed E-state index contributed by atoms with van der Waals surface area (Å²) in [5.41, 5.74) is 8.24. The molecule has 0 unspecified atom stereocenters. The van der Waals surface area contributed by atoms with Crippen LogP contribution in [0.25, 0.3) is 0 Å². The number of nitrogens with one attached hydrogen (secondary N) is 2. The Labute approximate surface area is 152 Å². The van der Waals surface area contributed by atoms with Gasteiger partial charge in [0.15, 0.2) is 0 Å². The van der Waals surface area contributed by atoms with Gasteiger partial charge < -0.3 is 16.4 Å². The summed E-state index contributed by atoms with van der Waals surface area (Å²) in [6, 6.07) is 5.10. The number of primary amides is 1. The molecule has 7 nitrogen and oxygen atoms in total. The Morgan fingerprint density at radius 3 is 2.72 bits per heavy atom. The third-order valence-corrected chi connectivity index (χ3v) is 4.46. The molecule has 2 atom stereocenters. The summed E-state index contributed by atoms with van der Waals surface area (Å²) in [6.45, 7) is 3.18. The first-order valence-corrected chi connectivity index (χ1v) is 7.86. The van der Waals surface area contributed by atoms with E-state index in [1.165, 1.54) is 0 Å². The van der Waals surface area contributed by atoms with Crippen molar-refractivity contribution in [2.45, 2.75) is 12.8 Å². The molecule has 25 heavy (non-hydrogen) atoms. The molecule has 4 N–H and O–H groups in total. The lowest BCUT2D eigenvalue weighted by atomic mass is 9.90. The van der Waals surface area contributed by atoms with Crippen LogP contribution in [0.1, 0.15) is 27.4 Å². The van der Waals surface area contributed by atoms with Gasteiger partial charge in [-0.1, -0.05) is 0 Å². The Balaban J connectivity index is 0.00000225. The van der Waals surface area contributed by atoms with Crippen LogP contribution in [-0.4, -0.2) is 34.7 Å². The van der Waals surface area contributed by atoms with Crippen molar-refractivity contribution in [2.24, 2.45) is 18.7 Å². The number of hydrogen-bond acceptors (Lipinski definition) is 4. The van der Waals surface area contributed by atoms with E-state index in [0.29, 0.717) is 17.8 Å². The molecule has 1 aliphatic rings. The zero-order valence-corrected chi connectivity index (χ0v) is 15.0. The molecular formula is C17H22ClN5O2. The number of amides is 2. The Morgan fingerprint density at radius 1 is 1.36 bits per heavy atom. The van der Waals surface area contributed by atoms with Crippen molar-refractivity contribution >= 4 is 29.9 Å². The van der Waals surface area contributed by atoms with Crippen molar-refractivity contribution in [1.29, 1.82) is 0 Å². The van der Waals surface area contributed by atoms with E-state index < -0.39 is 5.91 Å². The van der Waals surface area contributed by atoms with Crippen molar-refractivity contribution < 1.29 is 9.59 Å². The van der Waals surface area contributed by atoms with Gasteiger partial charge in [-0.3, -0.25) is 14.3 Å². The quantitative estimate of drug-likeness (QED) is 0.759. The molecule has 0 bridgehead atoms. The number of anilines is 1. The van der Waals surface area contributed by atoms with Crippen LogP contribution in [0.2, 0.25) is 0 Å². The van der Waals surface area contributed by atoms with Gasteiger partial charge in [0.05, 0.1) is 12.1 Å². The third kappa shape index (κ3) is 4.00. The first-order chi connectivity index (χ1) is 11.5. The summed E-state index contributed by atoms with van der Waals surface area (Å²) in [6.07, 6.45) is 3.76. The average Bonchev–Trinajstić information content (AvgIpc) is 3.15. The lowest BCUT2D eigenvalue weighted by molar-refractivity contribution is -0.119. The maximum Gasteiger partial charge on any atom is 0.248 e. The number of halogens is 1. The summed E-state index contributed by atoms with van der Waals surface area (Å²) >= 11 is 0. The van der Waals surface area contributed by atoms with Crippen molar-refractivity contribution in [2.75, 3.05) is 18.4 Å². The van der Waals surface area contributed by atoms with Crippen LogP contribution < -0.4 is 16.4 Å². The van der Waals surface area contributed by atoms with Gasteiger partial charge in [-0.05, 0) is 36.2 Å². The molecule has 8 heteroatoms. The van der Waals surface area contributed by atoms with Gasteiger partial charge in [0.2, 0.25) is 11.8 Å². The molecule has 134 valence electrons. The number of nitrogens with two attached hydrogens (primary N) is 1. The first-order valence-electron chi connectivity index (χ1n) is 7.86. The number of carbonyl (C=O) groups is 2. The van der Waals surface area contributed by atoms with E-state index in [9.17, 15) is 9.59 Å². The second-order valence-corrected chi connectivity index (χ2v) is 6.20. The smallest absolute Gasteiger partial charge is 0.248 e. The summed E-state index contributed by atoms with van der Waals surface area (Å²) in [5.74, 6) is -0.572. The third-order valence-electron chi connectivity index (χ3n) is 4.46. The van der Waals surface area contributed by atoms with Crippen molar-refractivity contribution in [3.63, 3.8) is 0 Å². The minimum absolute atomic E-state index is 0. The van der Waals surface area contributed by atoms with Crippen LogP contribution in [-0.2, 0) is 11.8 Å². The number of aryl methyl sites for hydroxylation is 2. The van der Waals surface area contributed by atoms with Crippen LogP contribution in [0.4, 0.5) is 5.69 Å². The van der Waals surface area contributed by atoms with Gasteiger partial charge in [-0.2, -0.15) is 5.10 Å². The highest BCUT2D eigenvalue weighted by atomic mass is 35.5. The molecule has 0 radical (unpaired) electrons. The lowest BCUT2D eigenvalue weighted by Crippen LogP contribution is -2.28. The lowest BCUT2D eigenvalue weighted by Gasteiger charge is -2.17. The minimum Gasteiger partial charge on any atom is -0.366 e. The molecule has 1 fully saturated rings.